The van der Waals surface area contributed by atoms with Gasteiger partial charge in [-0.1, -0.05) is 25.4 Å². The number of hydrogen-bond acceptors (Lipinski definition) is 4. The lowest BCUT2D eigenvalue weighted by Gasteiger charge is -2.15. The zero-order valence-corrected chi connectivity index (χ0v) is 16.4. The minimum atomic E-state index is -4.64. The maximum absolute atomic E-state index is 13.0. The van der Waals surface area contributed by atoms with Gasteiger partial charge in [-0.05, 0) is 25.0 Å². The molecule has 2 aromatic rings. The Kier molecular flexibility index (Phi) is 7.17. The SMILES string of the molecule is CCCOc1nn(CCC)cc1C(=O)Nc1cc(Cl)c(C(F)(F)F)cc1OC. The van der Waals surface area contributed by atoms with Crippen LogP contribution in [0.15, 0.2) is 18.3 Å². The van der Waals surface area contributed by atoms with Gasteiger partial charge >= 0.3 is 6.18 Å². The van der Waals surface area contributed by atoms with Crippen LogP contribution in [0.5, 0.6) is 11.6 Å². The molecule has 0 bridgehead atoms. The summed E-state index contributed by atoms with van der Waals surface area (Å²) < 4.78 is 51.1. The van der Waals surface area contributed by atoms with Gasteiger partial charge in [0.25, 0.3) is 5.91 Å². The molecule has 0 atom stereocenters. The van der Waals surface area contributed by atoms with Crippen LogP contribution in [0.4, 0.5) is 18.9 Å². The van der Waals surface area contributed by atoms with Crippen molar-refractivity contribution < 1.29 is 27.4 Å². The van der Waals surface area contributed by atoms with Gasteiger partial charge in [0.15, 0.2) is 0 Å². The molecule has 0 fully saturated rings. The first-order valence-corrected chi connectivity index (χ1v) is 9.05. The summed E-state index contributed by atoms with van der Waals surface area (Å²) in [5.41, 5.74) is -0.873. The minimum Gasteiger partial charge on any atom is -0.495 e. The van der Waals surface area contributed by atoms with Gasteiger partial charge < -0.3 is 14.8 Å². The van der Waals surface area contributed by atoms with Crippen molar-refractivity contribution in [3.63, 3.8) is 0 Å². The number of nitrogens with one attached hydrogen (secondary N) is 1. The summed E-state index contributed by atoms with van der Waals surface area (Å²) in [6.45, 7) is 4.84. The Balaban J connectivity index is 2.35. The molecule has 0 aliphatic carbocycles. The average Bonchev–Trinajstić information content (AvgIpc) is 3.02. The second-order valence-electron chi connectivity index (χ2n) is 5.94. The van der Waals surface area contributed by atoms with Gasteiger partial charge in [0.1, 0.15) is 11.3 Å². The molecule has 10 heteroatoms. The Morgan fingerprint density at radius 2 is 2.00 bits per heavy atom. The van der Waals surface area contributed by atoms with Crippen molar-refractivity contribution in [1.29, 1.82) is 0 Å². The van der Waals surface area contributed by atoms with Gasteiger partial charge in [-0.3, -0.25) is 9.48 Å². The molecule has 1 N–H and O–H groups in total. The number of benzene rings is 1. The molecule has 0 spiro atoms. The normalized spacial score (nSPS) is 11.4. The minimum absolute atomic E-state index is 0.00943. The van der Waals surface area contributed by atoms with Crippen LogP contribution in [0.1, 0.15) is 42.6 Å². The second-order valence-corrected chi connectivity index (χ2v) is 6.35. The number of methoxy groups -OCH3 is 1. The van der Waals surface area contributed by atoms with E-state index in [1.54, 1.807) is 4.68 Å². The summed E-state index contributed by atoms with van der Waals surface area (Å²) in [5.74, 6) is -0.602. The molecule has 28 heavy (non-hydrogen) atoms. The maximum Gasteiger partial charge on any atom is 0.417 e. The van der Waals surface area contributed by atoms with E-state index < -0.39 is 22.7 Å². The Labute approximate surface area is 165 Å². The van der Waals surface area contributed by atoms with Crippen LogP contribution in [0.3, 0.4) is 0 Å². The van der Waals surface area contributed by atoms with E-state index >= 15 is 0 Å². The lowest BCUT2D eigenvalue weighted by molar-refractivity contribution is -0.137. The van der Waals surface area contributed by atoms with E-state index in [9.17, 15) is 18.0 Å². The van der Waals surface area contributed by atoms with Gasteiger partial charge in [-0.25, -0.2) is 0 Å². The monoisotopic (exact) mass is 419 g/mol. The summed E-state index contributed by atoms with van der Waals surface area (Å²) in [6, 6.07) is 1.75. The van der Waals surface area contributed by atoms with Crippen LogP contribution in [-0.4, -0.2) is 29.4 Å². The lowest BCUT2D eigenvalue weighted by Crippen LogP contribution is -2.15. The topological polar surface area (TPSA) is 65.4 Å². The number of alkyl halides is 3. The summed E-state index contributed by atoms with van der Waals surface area (Å²) in [5, 5.41) is 6.21. The van der Waals surface area contributed by atoms with Crippen LogP contribution < -0.4 is 14.8 Å². The largest absolute Gasteiger partial charge is 0.495 e. The molecule has 0 saturated heterocycles. The molecule has 1 aromatic heterocycles. The summed E-state index contributed by atoms with van der Waals surface area (Å²) in [7, 11) is 1.20. The van der Waals surface area contributed by atoms with Gasteiger partial charge in [0, 0.05) is 12.7 Å². The number of amides is 1. The fourth-order valence-electron chi connectivity index (χ4n) is 2.44. The van der Waals surface area contributed by atoms with E-state index in [0.29, 0.717) is 13.2 Å². The van der Waals surface area contributed by atoms with Gasteiger partial charge in [0.2, 0.25) is 5.88 Å². The molecule has 6 nitrogen and oxygen atoms in total. The third kappa shape index (κ3) is 5.09. The van der Waals surface area contributed by atoms with Crippen molar-refractivity contribution in [3.8, 4) is 11.6 Å². The molecule has 1 amide bonds. The molecule has 0 radical (unpaired) electrons. The quantitative estimate of drug-likeness (QED) is 0.652. The Morgan fingerprint density at radius 1 is 1.29 bits per heavy atom. The van der Waals surface area contributed by atoms with Gasteiger partial charge in [-0.15, -0.1) is 5.10 Å². The fourth-order valence-corrected chi connectivity index (χ4v) is 2.71. The number of aryl methyl sites for hydroxylation is 1. The highest BCUT2D eigenvalue weighted by Crippen LogP contribution is 2.40. The van der Waals surface area contributed by atoms with Crippen molar-refractivity contribution in [2.45, 2.75) is 39.4 Å². The fraction of sp³-hybridized carbons (Fsp3) is 0.444. The second kappa shape index (κ2) is 9.18. The predicted octanol–water partition coefficient (Wildman–Crippen LogP) is 5.02. The highest BCUT2D eigenvalue weighted by atomic mass is 35.5. The maximum atomic E-state index is 13.0. The molecule has 1 heterocycles. The van der Waals surface area contributed by atoms with Gasteiger partial charge in [-0.2, -0.15) is 13.2 Å². The molecule has 1 aromatic carbocycles. The van der Waals surface area contributed by atoms with Crippen LogP contribution in [0, 0.1) is 0 Å². The average molecular weight is 420 g/mol. The first kappa shape index (κ1) is 21.9. The molecule has 0 unspecified atom stereocenters. The first-order valence-electron chi connectivity index (χ1n) is 8.67. The predicted molar refractivity (Wildman–Crippen MR) is 99.3 cm³/mol. The number of ether oxygens (including phenoxy) is 2. The molecule has 2 rings (SSSR count). The third-order valence-corrected chi connectivity index (χ3v) is 4.02. The Morgan fingerprint density at radius 3 is 2.57 bits per heavy atom. The van der Waals surface area contributed by atoms with Crippen LogP contribution >= 0.6 is 11.6 Å². The number of nitrogens with zero attached hydrogens (tertiary/aromatic N) is 2. The number of carbonyl (C=O) groups excluding carboxylic acids is 1. The van der Waals surface area contributed by atoms with Crippen LogP contribution in [-0.2, 0) is 12.7 Å². The zero-order chi connectivity index (χ0) is 20.9. The summed E-state index contributed by atoms with van der Waals surface area (Å²) in [6.07, 6.45) is -1.58. The zero-order valence-electron chi connectivity index (χ0n) is 15.7. The molecule has 154 valence electrons. The van der Waals surface area contributed by atoms with Crippen LogP contribution in [0.25, 0.3) is 0 Å². The third-order valence-electron chi connectivity index (χ3n) is 3.71. The van der Waals surface area contributed by atoms with E-state index in [0.717, 1.165) is 25.0 Å². The van der Waals surface area contributed by atoms with Crippen molar-refractivity contribution in [2.75, 3.05) is 19.0 Å². The summed E-state index contributed by atoms with van der Waals surface area (Å²) in [4.78, 5) is 12.7. The van der Waals surface area contributed by atoms with E-state index in [2.05, 4.69) is 10.4 Å². The molecule has 0 saturated carbocycles. The number of rotatable bonds is 8. The Bertz CT molecular complexity index is 837. The molecule has 0 aliphatic rings. The van der Waals surface area contributed by atoms with Crippen molar-refractivity contribution in [3.05, 3.63) is 34.5 Å². The number of aromatic nitrogens is 2. The molecular weight excluding hydrogens is 399 g/mol. The Hall–Kier alpha value is -2.42. The van der Waals surface area contributed by atoms with Crippen molar-refractivity contribution >= 4 is 23.2 Å². The standard InChI is InChI=1S/C18H21ClF3N3O3/c1-4-6-25-10-11(17(24-25)28-7-5-2)16(26)23-14-9-13(19)12(18(20,21)22)8-15(14)27-3/h8-10H,4-7H2,1-3H3,(H,23,26). The highest BCUT2D eigenvalue weighted by Gasteiger charge is 2.34. The van der Waals surface area contributed by atoms with Crippen molar-refractivity contribution in [1.82, 2.24) is 9.78 Å². The smallest absolute Gasteiger partial charge is 0.417 e. The lowest BCUT2D eigenvalue weighted by atomic mass is 10.1. The van der Waals surface area contributed by atoms with E-state index in [1.165, 1.54) is 13.3 Å². The summed E-state index contributed by atoms with van der Waals surface area (Å²) >= 11 is 5.75. The van der Waals surface area contributed by atoms with Gasteiger partial charge in [0.05, 0.1) is 30.0 Å². The number of hydrogen-bond donors (Lipinski definition) is 1. The van der Waals surface area contributed by atoms with Crippen molar-refractivity contribution in [2.24, 2.45) is 0 Å². The van der Waals surface area contributed by atoms with Crippen LogP contribution in [0.2, 0.25) is 5.02 Å². The number of halogens is 4. The van der Waals surface area contributed by atoms with E-state index in [-0.39, 0.29) is 22.9 Å². The van der Waals surface area contributed by atoms with E-state index in [4.69, 9.17) is 21.1 Å². The highest BCUT2D eigenvalue weighted by molar-refractivity contribution is 6.32. The molecule has 0 aliphatic heterocycles. The number of carbonyl (C=O) groups is 1. The number of anilines is 1. The first-order chi connectivity index (χ1) is 13.2. The molecular formula is C18H21ClF3N3O3. The van der Waals surface area contributed by atoms with E-state index in [1.807, 2.05) is 13.8 Å².